The normalized spacial score (nSPS) is 17.2. The van der Waals surface area contributed by atoms with Gasteiger partial charge in [0.15, 0.2) is 0 Å². The van der Waals surface area contributed by atoms with Gasteiger partial charge in [0.05, 0.1) is 5.03 Å². The molecule has 0 spiro atoms. The number of thioether (sulfide) groups is 1. The molecule has 0 unspecified atom stereocenters. The van der Waals surface area contributed by atoms with Crippen molar-refractivity contribution >= 4 is 23.4 Å². The Labute approximate surface area is 176 Å². The predicted octanol–water partition coefficient (Wildman–Crippen LogP) is 5.50. The molecule has 1 saturated carbocycles. The number of amides is 1. The van der Waals surface area contributed by atoms with E-state index in [-0.39, 0.29) is 49.4 Å². The van der Waals surface area contributed by atoms with E-state index in [1.54, 1.807) is 18.3 Å². The minimum Gasteiger partial charge on any atom is -0.321 e. The first-order valence-electron chi connectivity index (χ1n) is 9.65. The van der Waals surface area contributed by atoms with Gasteiger partial charge < -0.3 is 5.32 Å². The van der Waals surface area contributed by atoms with Crippen molar-refractivity contribution in [3.63, 3.8) is 0 Å². The first-order valence-corrected chi connectivity index (χ1v) is 10.9. The summed E-state index contributed by atoms with van der Waals surface area (Å²) in [4.78, 5) is 17.1. The lowest BCUT2D eigenvalue weighted by Crippen LogP contribution is -2.28. The van der Waals surface area contributed by atoms with Gasteiger partial charge in [0, 0.05) is 43.8 Å². The van der Waals surface area contributed by atoms with Crippen LogP contribution >= 0.6 is 11.8 Å². The quantitative estimate of drug-likeness (QED) is 0.472. The molecule has 0 radical (unpaired) electrons. The van der Waals surface area contributed by atoms with Crippen LogP contribution in [-0.4, -0.2) is 32.8 Å². The van der Waals surface area contributed by atoms with Gasteiger partial charge >= 0.3 is 0 Å². The molecule has 0 atom stereocenters. The maximum Gasteiger partial charge on any atom is 0.289 e. The third-order valence-corrected chi connectivity index (χ3v) is 5.93. The van der Waals surface area contributed by atoms with Gasteiger partial charge in [-0.05, 0) is 44.1 Å². The number of halogens is 4. The first-order chi connectivity index (χ1) is 14.0. The van der Waals surface area contributed by atoms with Gasteiger partial charge in [0.2, 0.25) is 5.92 Å². The fraction of sp³-hybridized carbons (Fsp3) is 0.550. The summed E-state index contributed by atoms with van der Waals surface area (Å²) in [5.74, 6) is -6.64. The minimum absolute atomic E-state index is 0.0198. The van der Waals surface area contributed by atoms with Crippen LogP contribution in [0.25, 0.3) is 0 Å². The van der Waals surface area contributed by atoms with Crippen LogP contribution in [-0.2, 0) is 12.5 Å². The second-order valence-corrected chi connectivity index (χ2v) is 8.56. The number of carbonyl (C=O) groups excluding carboxylic acids is 1. The van der Waals surface area contributed by atoms with Crippen LogP contribution < -0.4 is 5.32 Å². The number of hydrogen-bond acceptors (Lipinski definition) is 4. The third-order valence-electron chi connectivity index (χ3n) is 5.29. The predicted molar refractivity (Wildman–Crippen MR) is 107 cm³/mol. The SMILES string of the molecule is CSc1cc(NC(=O)c2c(C)c(C(C)(F)F)nn2CC2CCC(F)(F)CC2)ccn1. The number of carbonyl (C=O) groups is 1. The number of aromatic nitrogens is 3. The molecule has 2 heterocycles. The molecule has 1 aliphatic carbocycles. The average Bonchev–Trinajstić information content (AvgIpc) is 3.00. The van der Waals surface area contributed by atoms with Gasteiger partial charge in [-0.15, -0.1) is 11.8 Å². The van der Waals surface area contributed by atoms with Crippen molar-refractivity contribution in [2.24, 2.45) is 5.92 Å². The van der Waals surface area contributed by atoms with Crippen LogP contribution in [0.1, 0.15) is 54.4 Å². The number of alkyl halides is 4. The second kappa shape index (κ2) is 8.56. The molecular weight excluding hydrogens is 420 g/mol. The molecule has 1 aliphatic rings. The smallest absolute Gasteiger partial charge is 0.289 e. The van der Waals surface area contributed by atoms with E-state index >= 15 is 0 Å². The van der Waals surface area contributed by atoms with Crippen LogP contribution in [0.2, 0.25) is 0 Å². The molecule has 0 bridgehead atoms. The number of pyridine rings is 1. The molecular formula is C20H24F4N4OS. The summed E-state index contributed by atoms with van der Waals surface area (Å²) >= 11 is 1.40. The highest BCUT2D eigenvalue weighted by molar-refractivity contribution is 7.98. The number of hydrogen-bond donors (Lipinski definition) is 1. The summed E-state index contributed by atoms with van der Waals surface area (Å²) in [5.41, 5.74) is 0.105. The van der Waals surface area contributed by atoms with Crippen molar-refractivity contribution in [2.45, 2.75) is 62.9 Å². The summed E-state index contributed by atoms with van der Waals surface area (Å²) < 4.78 is 56.3. The van der Waals surface area contributed by atoms with Crippen molar-refractivity contribution in [2.75, 3.05) is 11.6 Å². The molecule has 0 aliphatic heterocycles. The molecule has 3 rings (SSSR count). The van der Waals surface area contributed by atoms with Gasteiger partial charge in [-0.2, -0.15) is 13.9 Å². The summed E-state index contributed by atoms with van der Waals surface area (Å²) in [6.45, 7) is 2.30. The minimum atomic E-state index is -3.23. The van der Waals surface area contributed by atoms with Gasteiger partial charge in [-0.3, -0.25) is 9.48 Å². The highest BCUT2D eigenvalue weighted by Crippen LogP contribution is 2.37. The second-order valence-electron chi connectivity index (χ2n) is 7.73. The Bertz CT molecular complexity index is 916. The first kappa shape index (κ1) is 22.6. The molecule has 1 amide bonds. The van der Waals surface area contributed by atoms with Crippen LogP contribution in [0, 0.1) is 12.8 Å². The highest BCUT2D eigenvalue weighted by Gasteiger charge is 2.37. The topological polar surface area (TPSA) is 59.8 Å². The highest BCUT2D eigenvalue weighted by atomic mass is 32.2. The molecule has 0 aromatic carbocycles. The van der Waals surface area contributed by atoms with Crippen LogP contribution in [0.4, 0.5) is 23.2 Å². The summed E-state index contributed by atoms with van der Waals surface area (Å²) in [5, 5.41) is 7.42. The Kier molecular flexibility index (Phi) is 6.45. The number of nitrogens with zero attached hydrogens (tertiary/aromatic N) is 3. The van der Waals surface area contributed by atoms with Crippen molar-refractivity contribution in [1.29, 1.82) is 0 Å². The zero-order chi connectivity index (χ0) is 22.1. The number of nitrogens with one attached hydrogen (secondary N) is 1. The third kappa shape index (κ3) is 5.14. The largest absolute Gasteiger partial charge is 0.321 e. The lowest BCUT2D eigenvalue weighted by molar-refractivity contribution is -0.0477. The summed E-state index contributed by atoms with van der Waals surface area (Å²) in [6, 6.07) is 3.28. The monoisotopic (exact) mass is 444 g/mol. The van der Waals surface area contributed by atoms with Crippen LogP contribution in [0.15, 0.2) is 23.4 Å². The van der Waals surface area contributed by atoms with Crippen molar-refractivity contribution in [1.82, 2.24) is 14.8 Å². The zero-order valence-corrected chi connectivity index (χ0v) is 17.8. The Morgan fingerprint density at radius 3 is 2.63 bits per heavy atom. The number of rotatable bonds is 6. The van der Waals surface area contributed by atoms with E-state index in [9.17, 15) is 22.4 Å². The molecule has 164 valence electrons. The molecule has 0 saturated heterocycles. The summed E-state index contributed by atoms with van der Waals surface area (Å²) in [6.07, 6.45) is 3.41. The Morgan fingerprint density at radius 2 is 2.03 bits per heavy atom. The molecule has 1 fully saturated rings. The van der Waals surface area contributed by atoms with E-state index in [2.05, 4.69) is 15.4 Å². The molecule has 30 heavy (non-hydrogen) atoms. The average molecular weight is 444 g/mol. The molecule has 10 heteroatoms. The maximum absolute atomic E-state index is 14.1. The van der Waals surface area contributed by atoms with Gasteiger partial charge in [-0.25, -0.2) is 13.8 Å². The molecule has 5 nitrogen and oxygen atoms in total. The van der Waals surface area contributed by atoms with E-state index in [1.165, 1.54) is 23.4 Å². The standard InChI is InChI=1S/C20H24F4N4OS/c1-12-16(18(29)26-14-6-9-25-15(10-14)30-3)28(27-17(12)19(2,21)22)11-13-4-7-20(23,24)8-5-13/h6,9-10,13H,4-5,7-8,11H2,1-3H3,(H,25,26,29). The maximum atomic E-state index is 14.1. The van der Waals surface area contributed by atoms with Crippen LogP contribution in [0.3, 0.4) is 0 Å². The molecule has 1 N–H and O–H groups in total. The zero-order valence-electron chi connectivity index (χ0n) is 17.0. The van der Waals surface area contributed by atoms with Gasteiger partial charge in [-0.1, -0.05) is 0 Å². The van der Waals surface area contributed by atoms with Crippen LogP contribution in [0.5, 0.6) is 0 Å². The van der Waals surface area contributed by atoms with E-state index < -0.39 is 23.4 Å². The van der Waals surface area contributed by atoms with Crippen molar-refractivity contribution in [3.05, 3.63) is 35.3 Å². The number of anilines is 1. The van der Waals surface area contributed by atoms with Crippen molar-refractivity contribution < 1.29 is 22.4 Å². The van der Waals surface area contributed by atoms with Gasteiger partial charge in [0.25, 0.3) is 11.8 Å². The van der Waals surface area contributed by atoms with E-state index in [0.717, 1.165) is 6.92 Å². The fourth-order valence-corrected chi connectivity index (χ4v) is 4.12. The van der Waals surface area contributed by atoms with E-state index in [4.69, 9.17) is 0 Å². The van der Waals surface area contributed by atoms with E-state index in [0.29, 0.717) is 10.7 Å². The Morgan fingerprint density at radius 1 is 1.37 bits per heavy atom. The lowest BCUT2D eigenvalue weighted by Gasteiger charge is -2.28. The Hall–Kier alpha value is -2.10. The molecule has 2 aromatic heterocycles. The fourth-order valence-electron chi connectivity index (χ4n) is 3.70. The van der Waals surface area contributed by atoms with E-state index in [1.807, 2.05) is 6.26 Å². The summed E-state index contributed by atoms with van der Waals surface area (Å²) in [7, 11) is 0. The molecule has 2 aromatic rings. The van der Waals surface area contributed by atoms with Gasteiger partial charge in [0.1, 0.15) is 11.4 Å². The lowest BCUT2D eigenvalue weighted by atomic mass is 9.87. The Balaban J connectivity index is 1.89. The van der Waals surface area contributed by atoms with Crippen molar-refractivity contribution in [3.8, 4) is 0 Å².